The largest absolute Gasteiger partial charge is 0.490 e. The second-order valence-corrected chi connectivity index (χ2v) is 6.51. The molecule has 116 valence electrons. The van der Waals surface area contributed by atoms with E-state index in [1.807, 2.05) is 18.0 Å². The number of rotatable bonds is 6. The second-order valence-electron chi connectivity index (χ2n) is 5.65. The summed E-state index contributed by atoms with van der Waals surface area (Å²) in [7, 11) is 0. The maximum Gasteiger partial charge on any atom is 0.138 e. The Bertz CT molecular complexity index is 612. The summed E-state index contributed by atoms with van der Waals surface area (Å²) >= 11 is 1.84. The number of ether oxygens (including phenoxy) is 1. The molecule has 2 heterocycles. The van der Waals surface area contributed by atoms with E-state index in [-0.39, 0.29) is 0 Å². The molecule has 22 heavy (non-hydrogen) atoms. The van der Waals surface area contributed by atoms with E-state index in [1.165, 1.54) is 24.0 Å². The van der Waals surface area contributed by atoms with E-state index in [0.717, 1.165) is 30.2 Å². The van der Waals surface area contributed by atoms with Crippen LogP contribution in [0.1, 0.15) is 18.4 Å². The molecule has 3 rings (SSSR count). The van der Waals surface area contributed by atoms with Crippen LogP contribution in [-0.2, 0) is 5.75 Å². The minimum atomic E-state index is 0.480. The maximum atomic E-state index is 5.90. The Labute approximate surface area is 136 Å². The molecule has 1 aromatic heterocycles. The predicted molar refractivity (Wildman–Crippen MR) is 93.4 cm³/mol. The SMILES string of the molecule is CSCc1cccc(-c2cncc(OCC3CCCN3)c2)c1. The van der Waals surface area contributed by atoms with Gasteiger partial charge in [-0.1, -0.05) is 24.3 Å². The van der Waals surface area contributed by atoms with Crippen molar-refractivity contribution >= 4 is 11.8 Å². The number of benzene rings is 1. The number of nitrogens with one attached hydrogen (secondary N) is 1. The Morgan fingerprint density at radius 1 is 1.27 bits per heavy atom. The zero-order valence-electron chi connectivity index (χ0n) is 12.9. The lowest BCUT2D eigenvalue weighted by Crippen LogP contribution is -2.28. The molecule has 1 aliphatic rings. The standard InChI is InChI=1S/C18H22N2OS/c1-22-13-14-4-2-5-15(8-14)16-9-18(11-19-10-16)21-12-17-6-3-7-20-17/h2,4-5,8-11,17,20H,3,6-7,12-13H2,1H3. The first kappa shape index (κ1) is 15.4. The Morgan fingerprint density at radius 2 is 2.23 bits per heavy atom. The van der Waals surface area contributed by atoms with Gasteiger partial charge in [0.2, 0.25) is 0 Å². The molecule has 1 aliphatic heterocycles. The molecule has 0 amide bonds. The van der Waals surface area contributed by atoms with Crippen LogP contribution in [0.3, 0.4) is 0 Å². The van der Waals surface area contributed by atoms with Crippen molar-refractivity contribution < 1.29 is 4.74 Å². The average Bonchev–Trinajstić information content (AvgIpc) is 3.07. The summed E-state index contributed by atoms with van der Waals surface area (Å²) in [6.45, 7) is 1.83. The molecule has 0 aliphatic carbocycles. The van der Waals surface area contributed by atoms with Crippen molar-refractivity contribution in [2.75, 3.05) is 19.4 Å². The zero-order chi connectivity index (χ0) is 15.2. The number of nitrogens with zero attached hydrogens (tertiary/aromatic N) is 1. The number of thioether (sulfide) groups is 1. The van der Waals surface area contributed by atoms with Gasteiger partial charge in [0.25, 0.3) is 0 Å². The summed E-state index contributed by atoms with van der Waals surface area (Å²) in [6, 6.07) is 11.2. The highest BCUT2D eigenvalue weighted by molar-refractivity contribution is 7.97. The highest BCUT2D eigenvalue weighted by atomic mass is 32.2. The number of hydrogen-bond acceptors (Lipinski definition) is 4. The second kappa shape index (κ2) is 7.65. The fraction of sp³-hybridized carbons (Fsp3) is 0.389. The number of pyridine rings is 1. The summed E-state index contributed by atoms with van der Waals surface area (Å²) in [5.74, 6) is 1.88. The fourth-order valence-corrected chi connectivity index (χ4v) is 3.27. The zero-order valence-corrected chi connectivity index (χ0v) is 13.7. The highest BCUT2D eigenvalue weighted by Crippen LogP contribution is 2.24. The van der Waals surface area contributed by atoms with Gasteiger partial charge in [0.05, 0.1) is 6.20 Å². The fourth-order valence-electron chi connectivity index (χ4n) is 2.76. The molecule has 0 spiro atoms. The Balaban J connectivity index is 1.71. The quantitative estimate of drug-likeness (QED) is 0.881. The average molecular weight is 314 g/mol. The lowest BCUT2D eigenvalue weighted by Gasteiger charge is -2.12. The van der Waals surface area contributed by atoms with Crippen LogP contribution < -0.4 is 10.1 Å². The van der Waals surface area contributed by atoms with Gasteiger partial charge in [0.1, 0.15) is 12.4 Å². The van der Waals surface area contributed by atoms with Crippen LogP contribution in [-0.4, -0.2) is 30.4 Å². The highest BCUT2D eigenvalue weighted by Gasteiger charge is 2.14. The number of hydrogen-bond donors (Lipinski definition) is 1. The van der Waals surface area contributed by atoms with E-state index in [2.05, 4.69) is 46.9 Å². The molecular weight excluding hydrogens is 292 g/mol. The van der Waals surface area contributed by atoms with Gasteiger partial charge < -0.3 is 10.1 Å². The molecule has 0 radical (unpaired) electrons. The van der Waals surface area contributed by atoms with Crippen LogP contribution in [0.15, 0.2) is 42.7 Å². The topological polar surface area (TPSA) is 34.1 Å². The Kier molecular flexibility index (Phi) is 5.35. The Hall–Kier alpha value is -1.52. The molecule has 1 saturated heterocycles. The van der Waals surface area contributed by atoms with Crippen LogP contribution in [0.2, 0.25) is 0 Å². The lowest BCUT2D eigenvalue weighted by molar-refractivity contribution is 0.276. The molecule has 1 atom stereocenters. The van der Waals surface area contributed by atoms with Gasteiger partial charge >= 0.3 is 0 Å². The monoisotopic (exact) mass is 314 g/mol. The first-order valence-electron chi connectivity index (χ1n) is 7.74. The molecule has 1 aromatic carbocycles. The molecular formula is C18H22N2OS. The van der Waals surface area contributed by atoms with Gasteiger partial charge in [-0.3, -0.25) is 4.98 Å². The van der Waals surface area contributed by atoms with E-state index >= 15 is 0 Å². The normalized spacial score (nSPS) is 17.6. The molecule has 4 heteroatoms. The molecule has 0 bridgehead atoms. The Morgan fingerprint density at radius 3 is 3.05 bits per heavy atom. The lowest BCUT2D eigenvalue weighted by atomic mass is 10.1. The van der Waals surface area contributed by atoms with Crippen molar-refractivity contribution in [2.45, 2.75) is 24.6 Å². The van der Waals surface area contributed by atoms with Crippen LogP contribution in [0, 0.1) is 0 Å². The van der Waals surface area contributed by atoms with Crippen LogP contribution in [0.25, 0.3) is 11.1 Å². The van der Waals surface area contributed by atoms with Gasteiger partial charge in [0.15, 0.2) is 0 Å². The van der Waals surface area contributed by atoms with Crippen molar-refractivity contribution in [3.63, 3.8) is 0 Å². The van der Waals surface area contributed by atoms with Gasteiger partial charge in [-0.2, -0.15) is 11.8 Å². The van der Waals surface area contributed by atoms with E-state index < -0.39 is 0 Å². The minimum Gasteiger partial charge on any atom is -0.490 e. The van der Waals surface area contributed by atoms with Crippen molar-refractivity contribution in [2.24, 2.45) is 0 Å². The van der Waals surface area contributed by atoms with Crippen LogP contribution in [0.4, 0.5) is 0 Å². The van der Waals surface area contributed by atoms with E-state index in [1.54, 1.807) is 6.20 Å². The summed E-state index contributed by atoms with van der Waals surface area (Å²) in [5.41, 5.74) is 3.65. The first-order chi connectivity index (χ1) is 10.8. The van der Waals surface area contributed by atoms with Crippen molar-refractivity contribution in [3.05, 3.63) is 48.3 Å². The van der Waals surface area contributed by atoms with Crippen molar-refractivity contribution in [3.8, 4) is 16.9 Å². The summed E-state index contributed by atoms with van der Waals surface area (Å²) < 4.78 is 5.90. The molecule has 0 saturated carbocycles. The third-order valence-electron chi connectivity index (χ3n) is 3.90. The van der Waals surface area contributed by atoms with Crippen LogP contribution in [0.5, 0.6) is 5.75 Å². The maximum absolute atomic E-state index is 5.90. The van der Waals surface area contributed by atoms with Gasteiger partial charge in [0, 0.05) is 23.6 Å². The molecule has 3 nitrogen and oxygen atoms in total. The minimum absolute atomic E-state index is 0.480. The summed E-state index contributed by atoms with van der Waals surface area (Å²) in [4.78, 5) is 4.33. The van der Waals surface area contributed by atoms with Crippen molar-refractivity contribution in [1.82, 2.24) is 10.3 Å². The predicted octanol–water partition coefficient (Wildman–Crippen LogP) is 3.74. The van der Waals surface area contributed by atoms with E-state index in [9.17, 15) is 0 Å². The molecule has 1 fully saturated rings. The van der Waals surface area contributed by atoms with Gasteiger partial charge in [-0.15, -0.1) is 0 Å². The molecule has 1 unspecified atom stereocenters. The van der Waals surface area contributed by atoms with E-state index in [4.69, 9.17) is 4.74 Å². The molecule has 2 aromatic rings. The number of aromatic nitrogens is 1. The summed E-state index contributed by atoms with van der Waals surface area (Å²) in [5, 5.41) is 3.45. The third kappa shape index (κ3) is 4.02. The first-order valence-corrected chi connectivity index (χ1v) is 9.14. The van der Waals surface area contributed by atoms with Gasteiger partial charge in [-0.05, 0) is 42.8 Å². The molecule has 1 N–H and O–H groups in total. The smallest absolute Gasteiger partial charge is 0.138 e. The third-order valence-corrected chi connectivity index (χ3v) is 4.52. The van der Waals surface area contributed by atoms with Crippen LogP contribution >= 0.6 is 11.8 Å². The van der Waals surface area contributed by atoms with E-state index in [0.29, 0.717) is 6.04 Å². The van der Waals surface area contributed by atoms with Crippen molar-refractivity contribution in [1.29, 1.82) is 0 Å². The summed E-state index contributed by atoms with van der Waals surface area (Å²) in [6.07, 6.45) is 8.27. The van der Waals surface area contributed by atoms with Gasteiger partial charge in [-0.25, -0.2) is 0 Å².